The highest BCUT2D eigenvalue weighted by atomic mass is 19.3. The van der Waals surface area contributed by atoms with Crippen LogP contribution in [0.1, 0.15) is 30.8 Å². The third-order valence-electron chi connectivity index (χ3n) is 5.59. The molecule has 8 nitrogen and oxygen atoms in total. The Labute approximate surface area is 213 Å². The summed E-state index contributed by atoms with van der Waals surface area (Å²) in [5.74, 6) is -3.21. The van der Waals surface area contributed by atoms with Crippen molar-refractivity contribution in [3.63, 3.8) is 0 Å². The number of aryl methyl sites for hydroxylation is 1. The third-order valence-corrected chi connectivity index (χ3v) is 5.59. The molecule has 1 heterocycles. The van der Waals surface area contributed by atoms with Gasteiger partial charge in [0.1, 0.15) is 36.3 Å². The average molecular weight is 524 g/mol. The second kappa shape index (κ2) is 11.9. The summed E-state index contributed by atoms with van der Waals surface area (Å²) in [5.41, 5.74) is -2.79. The maximum atomic E-state index is 15.1. The second-order valence-electron chi connectivity index (χ2n) is 8.88. The van der Waals surface area contributed by atoms with Gasteiger partial charge >= 0.3 is 5.92 Å². The van der Waals surface area contributed by atoms with Gasteiger partial charge in [-0.1, -0.05) is 12.1 Å². The van der Waals surface area contributed by atoms with Crippen LogP contribution in [0.4, 0.5) is 19.0 Å². The zero-order valence-electron chi connectivity index (χ0n) is 21.5. The number of halogens is 3. The molecule has 0 saturated heterocycles. The molecule has 0 atom stereocenters. The van der Waals surface area contributed by atoms with Crippen molar-refractivity contribution in [1.82, 2.24) is 9.97 Å². The van der Waals surface area contributed by atoms with Gasteiger partial charge in [0, 0.05) is 37.8 Å². The Kier molecular flexibility index (Phi) is 9.16. The van der Waals surface area contributed by atoms with Crippen LogP contribution in [0.2, 0.25) is 0 Å². The molecule has 0 amide bonds. The van der Waals surface area contributed by atoms with E-state index in [1.807, 2.05) is 0 Å². The fourth-order valence-corrected chi connectivity index (χ4v) is 3.55. The van der Waals surface area contributed by atoms with Gasteiger partial charge in [0.05, 0.1) is 24.3 Å². The van der Waals surface area contributed by atoms with Crippen LogP contribution in [-0.2, 0) is 21.9 Å². The van der Waals surface area contributed by atoms with E-state index >= 15 is 4.39 Å². The predicted octanol–water partition coefficient (Wildman–Crippen LogP) is 4.60. The molecule has 202 valence electrons. The Balaban J connectivity index is 1.96. The summed E-state index contributed by atoms with van der Waals surface area (Å²) < 4.78 is 66.2. The molecule has 3 rings (SSSR count). The number of nitrogens with one attached hydrogen (secondary N) is 1. The summed E-state index contributed by atoms with van der Waals surface area (Å²) in [6, 6.07) is 7.09. The van der Waals surface area contributed by atoms with Crippen molar-refractivity contribution >= 4 is 16.7 Å². The zero-order chi connectivity index (χ0) is 27.2. The Morgan fingerprint density at radius 1 is 0.946 bits per heavy atom. The first-order valence-electron chi connectivity index (χ1n) is 11.7. The van der Waals surface area contributed by atoms with Gasteiger partial charge in [-0.05, 0) is 32.9 Å². The quantitative estimate of drug-likeness (QED) is 0.314. The molecular weight excluding hydrogens is 491 g/mol. The molecule has 0 aliphatic rings. The topological polar surface area (TPSA) is 95.0 Å². The summed E-state index contributed by atoms with van der Waals surface area (Å²) in [7, 11) is 3.13. The molecule has 2 aromatic carbocycles. The van der Waals surface area contributed by atoms with Crippen molar-refractivity contribution in [3.8, 4) is 11.5 Å². The first-order valence-corrected chi connectivity index (χ1v) is 11.7. The molecule has 0 aliphatic heterocycles. The summed E-state index contributed by atoms with van der Waals surface area (Å²) in [4.78, 5) is 8.89. The molecule has 0 aliphatic carbocycles. The highest BCUT2D eigenvalue weighted by Gasteiger charge is 2.48. The fraction of sp³-hybridized carbons (Fsp3) is 0.462. The SMILES string of the molecule is COCCOc1cc2nc(C)nc(NCc3cccc(C(F)(F)C(C)(C)O)c3F)c2cc1OCCOC. The van der Waals surface area contributed by atoms with Crippen molar-refractivity contribution < 1.29 is 37.2 Å². The van der Waals surface area contributed by atoms with E-state index in [2.05, 4.69) is 15.3 Å². The normalized spacial score (nSPS) is 12.1. The standard InChI is InChI=1S/C26H32F3N3O5/c1-16-31-20-14-22(37-12-10-35-5)21(36-11-9-34-4)13-18(20)24(32-16)30-15-17-7-6-8-19(23(17)27)26(28,29)25(2,3)33/h6-8,13-14,33H,9-12,15H2,1-5H3,(H,30,31,32). The molecule has 1 aromatic heterocycles. The van der Waals surface area contributed by atoms with E-state index in [9.17, 15) is 13.9 Å². The van der Waals surface area contributed by atoms with Gasteiger partial charge in [-0.3, -0.25) is 0 Å². The summed E-state index contributed by atoms with van der Waals surface area (Å²) in [6.45, 7) is 4.73. The highest BCUT2D eigenvalue weighted by molar-refractivity contribution is 5.91. The van der Waals surface area contributed by atoms with E-state index in [0.717, 1.165) is 19.9 Å². The van der Waals surface area contributed by atoms with E-state index in [1.165, 1.54) is 12.1 Å². The molecule has 0 radical (unpaired) electrons. The lowest BCUT2D eigenvalue weighted by molar-refractivity contribution is -0.170. The molecule has 0 bridgehead atoms. The van der Waals surface area contributed by atoms with Gasteiger partial charge in [-0.2, -0.15) is 8.78 Å². The van der Waals surface area contributed by atoms with Crippen LogP contribution in [0.5, 0.6) is 11.5 Å². The number of fused-ring (bicyclic) bond motifs is 1. The molecule has 0 saturated carbocycles. The number of hydrogen-bond donors (Lipinski definition) is 2. The van der Waals surface area contributed by atoms with Crippen LogP contribution in [-0.4, -0.2) is 61.3 Å². The highest BCUT2D eigenvalue weighted by Crippen LogP contribution is 2.40. The minimum absolute atomic E-state index is 0.0121. The summed E-state index contributed by atoms with van der Waals surface area (Å²) in [5, 5.41) is 13.5. The van der Waals surface area contributed by atoms with Gasteiger partial charge in [0.25, 0.3) is 0 Å². The fourth-order valence-electron chi connectivity index (χ4n) is 3.55. The monoisotopic (exact) mass is 523 g/mol. The lowest BCUT2D eigenvalue weighted by Crippen LogP contribution is -2.41. The van der Waals surface area contributed by atoms with E-state index in [4.69, 9.17) is 18.9 Å². The number of benzene rings is 2. The number of nitrogens with zero attached hydrogens (tertiary/aromatic N) is 2. The Hall–Kier alpha value is -3.15. The first-order chi connectivity index (χ1) is 17.5. The van der Waals surface area contributed by atoms with Crippen molar-refractivity contribution in [1.29, 1.82) is 0 Å². The number of alkyl halides is 2. The van der Waals surface area contributed by atoms with Crippen molar-refractivity contribution in [2.75, 3.05) is 46.0 Å². The van der Waals surface area contributed by atoms with E-state index in [1.54, 1.807) is 33.3 Å². The van der Waals surface area contributed by atoms with Gasteiger partial charge in [-0.15, -0.1) is 0 Å². The number of rotatable bonds is 13. The van der Waals surface area contributed by atoms with Crippen molar-refractivity contribution in [2.45, 2.75) is 38.8 Å². The molecule has 0 fully saturated rings. The largest absolute Gasteiger partial charge is 0.487 e. The predicted molar refractivity (Wildman–Crippen MR) is 133 cm³/mol. The average Bonchev–Trinajstić information content (AvgIpc) is 2.83. The lowest BCUT2D eigenvalue weighted by atomic mass is 9.92. The number of methoxy groups -OCH3 is 2. The smallest absolute Gasteiger partial charge is 0.303 e. The van der Waals surface area contributed by atoms with Crippen molar-refractivity contribution in [2.24, 2.45) is 0 Å². The van der Waals surface area contributed by atoms with Crippen molar-refractivity contribution in [3.05, 3.63) is 53.1 Å². The summed E-state index contributed by atoms with van der Waals surface area (Å²) >= 11 is 0. The maximum Gasteiger partial charge on any atom is 0.303 e. The van der Waals surface area contributed by atoms with Crippen LogP contribution >= 0.6 is 0 Å². The van der Waals surface area contributed by atoms with E-state index < -0.39 is 22.9 Å². The van der Waals surface area contributed by atoms with Crippen LogP contribution in [0.25, 0.3) is 10.9 Å². The maximum absolute atomic E-state index is 15.1. The molecule has 37 heavy (non-hydrogen) atoms. The number of hydrogen-bond acceptors (Lipinski definition) is 8. The van der Waals surface area contributed by atoms with Crippen LogP contribution in [0.3, 0.4) is 0 Å². The summed E-state index contributed by atoms with van der Waals surface area (Å²) in [6.07, 6.45) is 0. The van der Waals surface area contributed by atoms with Crippen LogP contribution in [0, 0.1) is 12.7 Å². The van der Waals surface area contributed by atoms with E-state index in [-0.39, 0.29) is 18.7 Å². The van der Waals surface area contributed by atoms with Gasteiger partial charge in [-0.25, -0.2) is 14.4 Å². The van der Waals surface area contributed by atoms with Gasteiger partial charge in [0.2, 0.25) is 0 Å². The van der Waals surface area contributed by atoms with E-state index in [0.29, 0.717) is 53.9 Å². The molecule has 0 spiro atoms. The minimum Gasteiger partial charge on any atom is -0.487 e. The second-order valence-corrected chi connectivity index (χ2v) is 8.88. The Bertz CT molecular complexity index is 1220. The third kappa shape index (κ3) is 6.60. The number of aliphatic hydroxyl groups is 1. The molecule has 11 heteroatoms. The Morgan fingerprint density at radius 3 is 2.16 bits per heavy atom. The number of ether oxygens (including phenoxy) is 4. The molecule has 3 aromatic rings. The number of anilines is 1. The minimum atomic E-state index is -3.79. The number of aromatic nitrogens is 2. The molecule has 0 unspecified atom stereocenters. The first kappa shape index (κ1) is 28.4. The van der Waals surface area contributed by atoms with Gasteiger partial charge in [0.15, 0.2) is 11.5 Å². The zero-order valence-corrected chi connectivity index (χ0v) is 21.5. The lowest BCUT2D eigenvalue weighted by Gasteiger charge is -2.30. The van der Waals surface area contributed by atoms with Gasteiger partial charge < -0.3 is 29.4 Å². The van der Waals surface area contributed by atoms with Crippen LogP contribution in [0.15, 0.2) is 30.3 Å². The van der Waals surface area contributed by atoms with Crippen LogP contribution < -0.4 is 14.8 Å². The molecule has 2 N–H and O–H groups in total. The Morgan fingerprint density at radius 2 is 1.57 bits per heavy atom. The molecular formula is C26H32F3N3O5.